The summed E-state index contributed by atoms with van der Waals surface area (Å²) in [5, 5.41) is 10.8. The average Bonchev–Trinajstić information content (AvgIpc) is 2.95. The second-order valence-corrected chi connectivity index (χ2v) is 6.03. The molecule has 1 atom stereocenters. The Labute approximate surface area is 123 Å². The van der Waals surface area contributed by atoms with Gasteiger partial charge in [0.1, 0.15) is 5.82 Å². The van der Waals surface area contributed by atoms with Gasteiger partial charge in [0.2, 0.25) is 5.95 Å². The van der Waals surface area contributed by atoms with Crippen molar-refractivity contribution in [3.8, 4) is 0 Å². The van der Waals surface area contributed by atoms with E-state index in [1.807, 2.05) is 6.07 Å². The first-order chi connectivity index (χ1) is 9.81. The molecule has 1 unspecified atom stereocenters. The lowest BCUT2D eigenvalue weighted by atomic mass is 10.2. The van der Waals surface area contributed by atoms with Crippen LogP contribution in [-0.4, -0.2) is 40.9 Å². The molecule has 1 aliphatic rings. The number of thioether (sulfide) groups is 1. The van der Waals surface area contributed by atoms with E-state index in [9.17, 15) is 0 Å². The molecule has 20 heavy (non-hydrogen) atoms. The van der Waals surface area contributed by atoms with Crippen LogP contribution in [0.4, 0.5) is 5.95 Å². The summed E-state index contributed by atoms with van der Waals surface area (Å²) in [7, 11) is 0. The predicted molar refractivity (Wildman–Crippen MR) is 82.1 cm³/mol. The molecule has 106 valence electrons. The number of rotatable bonds is 4. The SMILES string of the molecule is CC1CN(c2n[nH]c(CSc3ccccc3)n2)CCN1. The zero-order valence-electron chi connectivity index (χ0n) is 11.5. The third-order valence-corrected chi connectivity index (χ3v) is 4.31. The fourth-order valence-electron chi connectivity index (χ4n) is 2.27. The highest BCUT2D eigenvalue weighted by Gasteiger charge is 2.19. The average molecular weight is 289 g/mol. The maximum absolute atomic E-state index is 4.59. The molecule has 2 N–H and O–H groups in total. The van der Waals surface area contributed by atoms with Gasteiger partial charge in [0, 0.05) is 30.6 Å². The van der Waals surface area contributed by atoms with Crippen LogP contribution in [0.25, 0.3) is 0 Å². The molecule has 5 nitrogen and oxygen atoms in total. The Balaban J connectivity index is 1.59. The summed E-state index contributed by atoms with van der Waals surface area (Å²) in [5.41, 5.74) is 0. The molecule has 1 fully saturated rings. The molecule has 0 amide bonds. The highest BCUT2D eigenvalue weighted by atomic mass is 32.2. The van der Waals surface area contributed by atoms with Gasteiger partial charge < -0.3 is 10.2 Å². The van der Waals surface area contributed by atoms with E-state index in [1.165, 1.54) is 4.90 Å². The van der Waals surface area contributed by atoms with Crippen LogP contribution in [0, 0.1) is 0 Å². The summed E-state index contributed by atoms with van der Waals surface area (Å²) in [4.78, 5) is 8.08. The molecule has 1 aromatic carbocycles. The third kappa shape index (κ3) is 3.32. The molecule has 0 saturated carbocycles. The van der Waals surface area contributed by atoms with Crippen LogP contribution in [0.1, 0.15) is 12.7 Å². The quantitative estimate of drug-likeness (QED) is 0.842. The van der Waals surface area contributed by atoms with Crippen LogP contribution in [0.5, 0.6) is 0 Å². The van der Waals surface area contributed by atoms with Crippen molar-refractivity contribution < 1.29 is 0 Å². The van der Waals surface area contributed by atoms with Gasteiger partial charge in [0.25, 0.3) is 0 Å². The Kier molecular flexibility index (Phi) is 4.22. The number of hydrogen-bond donors (Lipinski definition) is 2. The van der Waals surface area contributed by atoms with Crippen LogP contribution < -0.4 is 10.2 Å². The van der Waals surface area contributed by atoms with Crippen LogP contribution in [0.2, 0.25) is 0 Å². The van der Waals surface area contributed by atoms with Gasteiger partial charge in [-0.05, 0) is 19.1 Å². The first-order valence-electron chi connectivity index (χ1n) is 6.89. The van der Waals surface area contributed by atoms with Crippen molar-refractivity contribution >= 4 is 17.7 Å². The second-order valence-electron chi connectivity index (χ2n) is 4.99. The van der Waals surface area contributed by atoms with Crippen molar-refractivity contribution in [3.05, 3.63) is 36.2 Å². The van der Waals surface area contributed by atoms with E-state index in [0.29, 0.717) is 6.04 Å². The Bertz CT molecular complexity index is 542. The van der Waals surface area contributed by atoms with E-state index in [1.54, 1.807) is 11.8 Å². The zero-order valence-corrected chi connectivity index (χ0v) is 12.4. The van der Waals surface area contributed by atoms with Crippen LogP contribution in [0.15, 0.2) is 35.2 Å². The Morgan fingerprint density at radius 2 is 2.20 bits per heavy atom. The fourth-order valence-corrected chi connectivity index (χ4v) is 3.06. The summed E-state index contributed by atoms with van der Waals surface area (Å²) in [5.74, 6) is 2.57. The molecule has 1 aliphatic heterocycles. The maximum Gasteiger partial charge on any atom is 0.244 e. The fraction of sp³-hybridized carbons (Fsp3) is 0.429. The van der Waals surface area contributed by atoms with Crippen molar-refractivity contribution in [2.75, 3.05) is 24.5 Å². The van der Waals surface area contributed by atoms with E-state index in [2.05, 4.69) is 56.6 Å². The molecule has 0 bridgehead atoms. The van der Waals surface area contributed by atoms with Gasteiger partial charge in [0.15, 0.2) is 0 Å². The van der Waals surface area contributed by atoms with E-state index >= 15 is 0 Å². The topological polar surface area (TPSA) is 56.8 Å². The van der Waals surface area contributed by atoms with Gasteiger partial charge in [-0.3, -0.25) is 5.10 Å². The molecular formula is C14H19N5S. The van der Waals surface area contributed by atoms with Gasteiger partial charge in [-0.2, -0.15) is 4.98 Å². The van der Waals surface area contributed by atoms with Crippen LogP contribution in [0.3, 0.4) is 0 Å². The number of nitrogens with one attached hydrogen (secondary N) is 2. The normalized spacial score (nSPS) is 19.2. The predicted octanol–water partition coefficient (Wildman–Crippen LogP) is 1.90. The summed E-state index contributed by atoms with van der Waals surface area (Å²) >= 11 is 1.77. The Morgan fingerprint density at radius 3 is 3.00 bits per heavy atom. The van der Waals surface area contributed by atoms with Crippen molar-refractivity contribution in [2.24, 2.45) is 0 Å². The number of nitrogens with zero attached hydrogens (tertiary/aromatic N) is 3. The Morgan fingerprint density at radius 1 is 1.35 bits per heavy atom. The van der Waals surface area contributed by atoms with E-state index in [0.717, 1.165) is 37.2 Å². The molecule has 0 spiro atoms. The minimum atomic E-state index is 0.490. The third-order valence-electron chi connectivity index (χ3n) is 3.29. The lowest BCUT2D eigenvalue weighted by molar-refractivity contribution is 0.480. The van der Waals surface area contributed by atoms with Crippen molar-refractivity contribution in [2.45, 2.75) is 23.6 Å². The first-order valence-corrected chi connectivity index (χ1v) is 7.87. The van der Waals surface area contributed by atoms with Gasteiger partial charge in [-0.25, -0.2) is 0 Å². The molecule has 1 saturated heterocycles. The molecule has 1 aromatic heterocycles. The lowest BCUT2D eigenvalue weighted by Crippen LogP contribution is -2.49. The van der Waals surface area contributed by atoms with Gasteiger partial charge >= 0.3 is 0 Å². The molecular weight excluding hydrogens is 270 g/mol. The largest absolute Gasteiger partial charge is 0.337 e. The molecule has 0 radical (unpaired) electrons. The summed E-state index contributed by atoms with van der Waals surface area (Å²) < 4.78 is 0. The second kappa shape index (κ2) is 6.28. The minimum absolute atomic E-state index is 0.490. The smallest absolute Gasteiger partial charge is 0.244 e. The molecule has 2 heterocycles. The van der Waals surface area contributed by atoms with Crippen molar-refractivity contribution in [1.82, 2.24) is 20.5 Å². The number of benzene rings is 1. The molecule has 2 aromatic rings. The van der Waals surface area contributed by atoms with Crippen LogP contribution >= 0.6 is 11.8 Å². The number of piperazine rings is 1. The van der Waals surface area contributed by atoms with Gasteiger partial charge in [0.05, 0.1) is 5.75 Å². The Hall–Kier alpha value is -1.53. The van der Waals surface area contributed by atoms with E-state index in [4.69, 9.17) is 0 Å². The number of anilines is 1. The molecule has 0 aliphatic carbocycles. The van der Waals surface area contributed by atoms with Crippen LogP contribution in [-0.2, 0) is 5.75 Å². The van der Waals surface area contributed by atoms with Gasteiger partial charge in [-0.15, -0.1) is 16.9 Å². The maximum atomic E-state index is 4.59. The number of hydrogen-bond acceptors (Lipinski definition) is 5. The first kappa shape index (κ1) is 13.5. The highest BCUT2D eigenvalue weighted by molar-refractivity contribution is 7.98. The molecule has 6 heteroatoms. The lowest BCUT2D eigenvalue weighted by Gasteiger charge is -2.30. The monoisotopic (exact) mass is 289 g/mol. The van der Waals surface area contributed by atoms with Crippen molar-refractivity contribution in [1.29, 1.82) is 0 Å². The number of H-pyrrole nitrogens is 1. The molecule has 3 rings (SSSR count). The van der Waals surface area contributed by atoms with Gasteiger partial charge in [-0.1, -0.05) is 18.2 Å². The van der Waals surface area contributed by atoms with Crippen molar-refractivity contribution in [3.63, 3.8) is 0 Å². The summed E-state index contributed by atoms with van der Waals surface area (Å²) in [6, 6.07) is 10.8. The summed E-state index contributed by atoms with van der Waals surface area (Å²) in [6.07, 6.45) is 0. The highest BCUT2D eigenvalue weighted by Crippen LogP contribution is 2.21. The number of aromatic nitrogens is 3. The standard InChI is InChI=1S/C14H19N5S/c1-11-9-19(8-7-15-11)14-16-13(17-18-14)10-20-12-5-3-2-4-6-12/h2-6,11,15H,7-10H2,1H3,(H,16,17,18). The minimum Gasteiger partial charge on any atom is -0.337 e. The number of aromatic amines is 1. The summed E-state index contributed by atoms with van der Waals surface area (Å²) in [6.45, 7) is 5.10. The van der Waals surface area contributed by atoms with E-state index < -0.39 is 0 Å². The zero-order chi connectivity index (χ0) is 13.8. The van der Waals surface area contributed by atoms with E-state index in [-0.39, 0.29) is 0 Å².